The quantitative estimate of drug-likeness (QED) is 0.562. The molecule has 35 heavy (non-hydrogen) atoms. The van der Waals surface area contributed by atoms with E-state index in [0.29, 0.717) is 6.42 Å². The van der Waals surface area contributed by atoms with Gasteiger partial charge < -0.3 is 25.2 Å². The molecule has 1 aromatic heterocycles. The number of carbonyl (C=O) groups excluding carboxylic acids is 1. The van der Waals surface area contributed by atoms with E-state index in [-0.39, 0.29) is 29.8 Å². The Morgan fingerprint density at radius 1 is 1.17 bits per heavy atom. The molecule has 1 aromatic carbocycles. The number of thiazole rings is 1. The number of carboxylic acid groups (broad SMARTS) is 1. The summed E-state index contributed by atoms with van der Waals surface area (Å²) in [5.41, 5.74) is 1.78. The molecule has 0 atom stereocenters. The van der Waals surface area contributed by atoms with Crippen molar-refractivity contribution in [3.05, 3.63) is 29.3 Å². The summed E-state index contributed by atoms with van der Waals surface area (Å²) < 4.78 is 42.5. The van der Waals surface area contributed by atoms with Crippen molar-refractivity contribution in [1.82, 2.24) is 15.6 Å². The molecule has 0 aliphatic carbocycles. The Kier molecular flexibility index (Phi) is 7.65. The number of aliphatic carboxylic acids is 1. The minimum absolute atomic E-state index is 0.00680. The molecule has 0 unspecified atom stereocenters. The Bertz CT molecular complexity index is 1070. The number of aromatic nitrogens is 1. The third kappa shape index (κ3) is 7.56. The second kappa shape index (κ2) is 10.0. The van der Waals surface area contributed by atoms with Gasteiger partial charge in [-0.2, -0.15) is 13.2 Å². The van der Waals surface area contributed by atoms with Crippen molar-refractivity contribution in [2.45, 2.75) is 70.3 Å². The molecule has 2 aliphatic heterocycles. The van der Waals surface area contributed by atoms with Crippen LogP contribution in [0.25, 0.3) is 10.6 Å². The molecular formula is C23H28F3N3O5S. The largest absolute Gasteiger partial charge is 0.490 e. The van der Waals surface area contributed by atoms with Gasteiger partial charge in [-0.05, 0) is 58.7 Å². The van der Waals surface area contributed by atoms with E-state index in [9.17, 15) is 18.0 Å². The fourth-order valence-corrected chi connectivity index (χ4v) is 5.23. The van der Waals surface area contributed by atoms with E-state index < -0.39 is 12.1 Å². The Labute approximate surface area is 204 Å². The zero-order chi connectivity index (χ0) is 26.0. The summed E-state index contributed by atoms with van der Waals surface area (Å²) in [6, 6.07) is 5.97. The van der Waals surface area contributed by atoms with Crippen molar-refractivity contribution in [2.24, 2.45) is 0 Å². The first-order valence-corrected chi connectivity index (χ1v) is 11.7. The first kappa shape index (κ1) is 26.7. The summed E-state index contributed by atoms with van der Waals surface area (Å²) in [4.78, 5) is 26.1. The number of piperidine rings is 1. The summed E-state index contributed by atoms with van der Waals surface area (Å²) in [6.07, 6.45) is -2.95. The lowest BCUT2D eigenvalue weighted by molar-refractivity contribution is -0.192. The first-order chi connectivity index (χ1) is 16.1. The molecule has 0 bridgehead atoms. The van der Waals surface area contributed by atoms with Gasteiger partial charge in [-0.1, -0.05) is 0 Å². The SMILES string of the molecule is CC1(C)CC(NC(=O)Cc2csc(-c3ccc4c(c3)OCO4)n2)CC(C)(C)N1.O=C(O)C(F)(F)F. The number of carboxylic acids is 1. The lowest BCUT2D eigenvalue weighted by Gasteiger charge is -2.46. The number of hydrogen-bond acceptors (Lipinski definition) is 7. The van der Waals surface area contributed by atoms with Crippen LogP contribution in [-0.2, 0) is 16.0 Å². The van der Waals surface area contributed by atoms with Gasteiger partial charge in [0.2, 0.25) is 12.7 Å². The monoisotopic (exact) mass is 515 g/mol. The van der Waals surface area contributed by atoms with Crippen molar-refractivity contribution < 1.29 is 37.3 Å². The van der Waals surface area contributed by atoms with Crippen molar-refractivity contribution >= 4 is 23.2 Å². The van der Waals surface area contributed by atoms with Crippen molar-refractivity contribution in [3.8, 4) is 22.1 Å². The van der Waals surface area contributed by atoms with Gasteiger partial charge in [0.05, 0.1) is 12.1 Å². The normalized spacial score (nSPS) is 18.4. The topological polar surface area (TPSA) is 110 Å². The maximum Gasteiger partial charge on any atom is 0.490 e. The zero-order valence-electron chi connectivity index (χ0n) is 19.8. The Hall–Kier alpha value is -2.86. The van der Waals surface area contributed by atoms with E-state index in [2.05, 4.69) is 43.3 Å². The van der Waals surface area contributed by atoms with Crippen LogP contribution in [0.2, 0.25) is 0 Å². The molecule has 1 saturated heterocycles. The maximum atomic E-state index is 12.6. The van der Waals surface area contributed by atoms with Gasteiger partial charge in [-0.3, -0.25) is 4.79 Å². The van der Waals surface area contributed by atoms with Crippen molar-refractivity contribution in [3.63, 3.8) is 0 Å². The number of alkyl halides is 3. The molecule has 3 heterocycles. The van der Waals surface area contributed by atoms with Crippen LogP contribution in [-0.4, -0.2) is 52.1 Å². The summed E-state index contributed by atoms with van der Waals surface area (Å²) >= 11 is 1.54. The molecule has 0 saturated carbocycles. The molecule has 4 rings (SSSR count). The number of amides is 1. The molecule has 8 nitrogen and oxygen atoms in total. The van der Waals surface area contributed by atoms with Crippen molar-refractivity contribution in [2.75, 3.05) is 6.79 Å². The summed E-state index contributed by atoms with van der Waals surface area (Å²) in [7, 11) is 0. The van der Waals surface area contributed by atoms with Crippen LogP contribution >= 0.6 is 11.3 Å². The highest BCUT2D eigenvalue weighted by Gasteiger charge is 2.39. The number of benzene rings is 1. The van der Waals surface area contributed by atoms with Crippen LogP contribution < -0.4 is 20.1 Å². The van der Waals surface area contributed by atoms with Gasteiger partial charge in [0.1, 0.15) is 5.01 Å². The van der Waals surface area contributed by atoms with E-state index in [1.807, 2.05) is 23.6 Å². The first-order valence-electron chi connectivity index (χ1n) is 10.9. The number of halogens is 3. The second-order valence-corrected chi connectivity index (χ2v) is 10.6. The standard InChI is InChI=1S/C21H27N3O3S.C2HF3O2/c1-20(2)9-15(10-21(3,4)24-20)22-18(25)8-14-11-28-19(23-14)13-5-6-16-17(7-13)27-12-26-16;3-2(4,5)1(6)7/h5-7,11,15,24H,8-10,12H2,1-4H3,(H,22,25);(H,6,7). The molecule has 2 aromatic rings. The van der Waals surface area contributed by atoms with E-state index in [1.165, 1.54) is 11.3 Å². The lowest BCUT2D eigenvalue weighted by atomic mass is 9.79. The highest BCUT2D eigenvalue weighted by molar-refractivity contribution is 7.13. The number of ether oxygens (including phenoxy) is 2. The fraction of sp³-hybridized carbons (Fsp3) is 0.522. The van der Waals surface area contributed by atoms with Gasteiger partial charge in [0, 0.05) is 28.1 Å². The lowest BCUT2D eigenvalue weighted by Crippen LogP contribution is -2.62. The van der Waals surface area contributed by atoms with Gasteiger partial charge in [0.25, 0.3) is 0 Å². The molecule has 0 radical (unpaired) electrons. The van der Waals surface area contributed by atoms with Crippen LogP contribution in [0.1, 0.15) is 46.2 Å². The number of fused-ring (bicyclic) bond motifs is 1. The molecule has 3 N–H and O–H groups in total. The summed E-state index contributed by atoms with van der Waals surface area (Å²) in [5.74, 6) is -1.23. The Balaban J connectivity index is 0.000000429. The fourth-order valence-electron chi connectivity index (χ4n) is 4.42. The molecule has 192 valence electrons. The zero-order valence-corrected chi connectivity index (χ0v) is 20.6. The van der Waals surface area contributed by atoms with E-state index in [1.54, 1.807) is 0 Å². The van der Waals surface area contributed by atoms with Crippen molar-refractivity contribution in [1.29, 1.82) is 0 Å². The third-order valence-electron chi connectivity index (χ3n) is 5.31. The molecule has 1 fully saturated rings. The molecular weight excluding hydrogens is 487 g/mol. The molecule has 1 amide bonds. The minimum Gasteiger partial charge on any atom is -0.475 e. The highest BCUT2D eigenvalue weighted by atomic mass is 32.1. The third-order valence-corrected chi connectivity index (χ3v) is 6.25. The van der Waals surface area contributed by atoms with Gasteiger partial charge in [-0.25, -0.2) is 9.78 Å². The summed E-state index contributed by atoms with van der Waals surface area (Å²) in [6.45, 7) is 9.00. The number of rotatable bonds is 4. The van der Waals surface area contributed by atoms with E-state index >= 15 is 0 Å². The Morgan fingerprint density at radius 3 is 2.37 bits per heavy atom. The average Bonchev–Trinajstić information content (AvgIpc) is 3.33. The number of carbonyl (C=O) groups is 2. The van der Waals surface area contributed by atoms with Crippen LogP contribution in [0.4, 0.5) is 13.2 Å². The minimum atomic E-state index is -5.08. The number of nitrogens with zero attached hydrogens (tertiary/aromatic N) is 1. The molecule has 2 aliphatic rings. The predicted molar refractivity (Wildman–Crippen MR) is 124 cm³/mol. The summed E-state index contributed by atoms with van der Waals surface area (Å²) in [5, 5.41) is 16.8. The highest BCUT2D eigenvalue weighted by Crippen LogP contribution is 2.36. The van der Waals surface area contributed by atoms with Gasteiger partial charge >= 0.3 is 12.1 Å². The van der Waals surface area contributed by atoms with E-state index in [4.69, 9.17) is 19.4 Å². The van der Waals surface area contributed by atoms with E-state index in [0.717, 1.165) is 40.6 Å². The van der Waals surface area contributed by atoms with Gasteiger partial charge in [-0.15, -0.1) is 11.3 Å². The smallest absolute Gasteiger partial charge is 0.475 e. The average molecular weight is 516 g/mol. The number of hydrogen-bond donors (Lipinski definition) is 3. The van der Waals surface area contributed by atoms with Crippen LogP contribution in [0.15, 0.2) is 23.6 Å². The van der Waals surface area contributed by atoms with Crippen LogP contribution in [0, 0.1) is 0 Å². The Morgan fingerprint density at radius 2 is 1.77 bits per heavy atom. The maximum absolute atomic E-state index is 12.6. The van der Waals surface area contributed by atoms with Crippen LogP contribution in [0.5, 0.6) is 11.5 Å². The molecule has 0 spiro atoms. The number of nitrogens with one attached hydrogen (secondary N) is 2. The predicted octanol–water partition coefficient (Wildman–Crippen LogP) is 4.14. The van der Waals surface area contributed by atoms with Crippen LogP contribution in [0.3, 0.4) is 0 Å². The molecule has 12 heteroatoms. The second-order valence-electron chi connectivity index (χ2n) is 9.76. The van der Waals surface area contributed by atoms with Gasteiger partial charge in [0.15, 0.2) is 11.5 Å².